The number of hydrogen-bond donors (Lipinski definition) is 1. The highest BCUT2D eigenvalue weighted by atomic mass is 19.1. The lowest BCUT2D eigenvalue weighted by Gasteiger charge is -2.07. The largest absolute Gasteiger partial charge is 0.441 e. The van der Waals surface area contributed by atoms with Crippen molar-refractivity contribution in [3.63, 3.8) is 0 Å². The standard InChI is InChI=1S/C19H18FN3O3/c1-2-23-12-15(7-10-19(23)25)22-17(24)8-9-18-21-11-16(26-18)13-3-5-14(20)6-4-13/h3-7,10-12H,2,8-9H2,1H3,(H,22,24). The minimum absolute atomic E-state index is 0.112. The molecule has 0 atom stereocenters. The highest BCUT2D eigenvalue weighted by Gasteiger charge is 2.10. The van der Waals surface area contributed by atoms with Crippen LogP contribution in [0.4, 0.5) is 10.1 Å². The molecule has 0 saturated heterocycles. The van der Waals surface area contributed by atoms with Gasteiger partial charge in [0.2, 0.25) is 5.91 Å². The minimum atomic E-state index is -0.320. The van der Waals surface area contributed by atoms with Gasteiger partial charge in [-0.25, -0.2) is 9.37 Å². The van der Waals surface area contributed by atoms with E-state index in [-0.39, 0.29) is 23.7 Å². The van der Waals surface area contributed by atoms with Gasteiger partial charge in [0.25, 0.3) is 5.56 Å². The fraction of sp³-hybridized carbons (Fsp3) is 0.211. The van der Waals surface area contributed by atoms with Crippen molar-refractivity contribution in [2.45, 2.75) is 26.3 Å². The summed E-state index contributed by atoms with van der Waals surface area (Å²) >= 11 is 0. The first-order chi connectivity index (χ1) is 12.5. The Morgan fingerprint density at radius 1 is 1.23 bits per heavy atom. The van der Waals surface area contributed by atoms with E-state index in [9.17, 15) is 14.0 Å². The molecule has 0 aliphatic heterocycles. The molecule has 26 heavy (non-hydrogen) atoms. The van der Waals surface area contributed by atoms with Crippen molar-refractivity contribution in [1.82, 2.24) is 9.55 Å². The van der Waals surface area contributed by atoms with Crippen molar-refractivity contribution in [3.8, 4) is 11.3 Å². The Morgan fingerprint density at radius 2 is 2.00 bits per heavy atom. The number of aromatic nitrogens is 2. The van der Waals surface area contributed by atoms with Gasteiger partial charge in [-0.05, 0) is 37.3 Å². The number of amides is 1. The molecule has 0 fully saturated rings. The molecule has 0 radical (unpaired) electrons. The second-order valence-electron chi connectivity index (χ2n) is 5.72. The summed E-state index contributed by atoms with van der Waals surface area (Å²) in [5, 5.41) is 2.75. The average Bonchev–Trinajstić information content (AvgIpc) is 3.11. The molecule has 6 nitrogen and oxygen atoms in total. The number of carbonyl (C=O) groups excluding carboxylic acids is 1. The zero-order valence-electron chi connectivity index (χ0n) is 14.2. The number of anilines is 1. The fourth-order valence-electron chi connectivity index (χ4n) is 2.47. The molecule has 0 aliphatic rings. The van der Waals surface area contributed by atoms with E-state index in [4.69, 9.17) is 4.42 Å². The molecule has 1 amide bonds. The summed E-state index contributed by atoms with van der Waals surface area (Å²) in [6.45, 7) is 2.39. The smallest absolute Gasteiger partial charge is 0.250 e. The van der Waals surface area contributed by atoms with E-state index >= 15 is 0 Å². The lowest BCUT2D eigenvalue weighted by molar-refractivity contribution is -0.116. The molecule has 0 bridgehead atoms. The van der Waals surface area contributed by atoms with Crippen molar-refractivity contribution in [3.05, 3.63) is 70.9 Å². The minimum Gasteiger partial charge on any atom is -0.441 e. The molecule has 0 spiro atoms. The van der Waals surface area contributed by atoms with Gasteiger partial charge < -0.3 is 14.3 Å². The highest BCUT2D eigenvalue weighted by molar-refractivity contribution is 5.90. The molecular formula is C19H18FN3O3. The predicted molar refractivity (Wildman–Crippen MR) is 95.2 cm³/mol. The van der Waals surface area contributed by atoms with Crippen molar-refractivity contribution < 1.29 is 13.6 Å². The maximum atomic E-state index is 13.0. The number of benzene rings is 1. The van der Waals surface area contributed by atoms with Crippen LogP contribution in [-0.4, -0.2) is 15.5 Å². The van der Waals surface area contributed by atoms with Crippen molar-refractivity contribution in [1.29, 1.82) is 0 Å². The molecule has 7 heteroatoms. The van der Waals surface area contributed by atoms with Crippen LogP contribution in [0.2, 0.25) is 0 Å². The third-order valence-corrected chi connectivity index (χ3v) is 3.86. The zero-order chi connectivity index (χ0) is 18.5. The van der Waals surface area contributed by atoms with Gasteiger partial charge in [-0.15, -0.1) is 0 Å². The Bertz CT molecular complexity index is 961. The Kier molecular flexibility index (Phi) is 5.26. The predicted octanol–water partition coefficient (Wildman–Crippen LogP) is 3.23. The van der Waals surface area contributed by atoms with E-state index in [0.717, 1.165) is 5.56 Å². The zero-order valence-corrected chi connectivity index (χ0v) is 14.2. The average molecular weight is 355 g/mol. The third kappa shape index (κ3) is 4.24. The number of hydrogen-bond acceptors (Lipinski definition) is 4. The molecule has 1 aromatic carbocycles. The molecule has 2 heterocycles. The van der Waals surface area contributed by atoms with Crippen LogP contribution in [0.15, 0.2) is 58.0 Å². The highest BCUT2D eigenvalue weighted by Crippen LogP contribution is 2.21. The molecule has 0 saturated carbocycles. The van der Waals surface area contributed by atoms with E-state index in [1.54, 1.807) is 30.6 Å². The van der Waals surface area contributed by atoms with Crippen LogP contribution >= 0.6 is 0 Å². The van der Waals surface area contributed by atoms with Gasteiger partial charge in [-0.3, -0.25) is 9.59 Å². The van der Waals surface area contributed by atoms with E-state index in [1.165, 1.54) is 22.8 Å². The first-order valence-corrected chi connectivity index (χ1v) is 8.26. The number of rotatable bonds is 6. The van der Waals surface area contributed by atoms with E-state index in [2.05, 4.69) is 10.3 Å². The first kappa shape index (κ1) is 17.6. The summed E-state index contributed by atoms with van der Waals surface area (Å²) in [5.74, 6) is 0.431. The monoisotopic (exact) mass is 355 g/mol. The number of nitrogens with zero attached hydrogens (tertiary/aromatic N) is 2. The van der Waals surface area contributed by atoms with Crippen LogP contribution in [0.5, 0.6) is 0 Å². The summed E-state index contributed by atoms with van der Waals surface area (Å²) in [7, 11) is 0. The van der Waals surface area contributed by atoms with Gasteiger partial charge in [-0.1, -0.05) is 0 Å². The number of aryl methyl sites for hydroxylation is 2. The maximum Gasteiger partial charge on any atom is 0.250 e. The van der Waals surface area contributed by atoms with Gasteiger partial charge in [0.15, 0.2) is 11.7 Å². The Morgan fingerprint density at radius 3 is 2.73 bits per heavy atom. The Hall–Kier alpha value is -3.22. The lowest BCUT2D eigenvalue weighted by Crippen LogP contribution is -2.19. The van der Waals surface area contributed by atoms with Crippen LogP contribution in [0, 0.1) is 5.82 Å². The molecule has 134 valence electrons. The lowest BCUT2D eigenvalue weighted by atomic mass is 10.2. The summed E-state index contributed by atoms with van der Waals surface area (Å²) in [6.07, 6.45) is 3.69. The first-order valence-electron chi connectivity index (χ1n) is 8.26. The Balaban J connectivity index is 1.58. The summed E-state index contributed by atoms with van der Waals surface area (Å²) in [4.78, 5) is 27.8. The van der Waals surface area contributed by atoms with Gasteiger partial charge >= 0.3 is 0 Å². The number of oxazole rings is 1. The van der Waals surface area contributed by atoms with E-state index in [1.807, 2.05) is 6.92 Å². The quantitative estimate of drug-likeness (QED) is 0.736. The van der Waals surface area contributed by atoms with Crippen LogP contribution in [0.3, 0.4) is 0 Å². The SMILES string of the molecule is CCn1cc(NC(=O)CCc2ncc(-c3ccc(F)cc3)o2)ccc1=O. The van der Waals surface area contributed by atoms with Gasteiger partial charge in [0.1, 0.15) is 5.82 Å². The normalized spacial score (nSPS) is 10.7. The van der Waals surface area contributed by atoms with Gasteiger partial charge in [-0.2, -0.15) is 0 Å². The Labute approximate surface area is 149 Å². The molecule has 1 N–H and O–H groups in total. The molecule has 3 aromatic rings. The van der Waals surface area contributed by atoms with E-state index < -0.39 is 0 Å². The van der Waals surface area contributed by atoms with Crippen molar-refractivity contribution in [2.75, 3.05) is 5.32 Å². The molecule has 0 aliphatic carbocycles. The molecule has 0 unspecified atom stereocenters. The maximum absolute atomic E-state index is 13.0. The topological polar surface area (TPSA) is 77.1 Å². The number of carbonyl (C=O) groups is 1. The molecule has 3 rings (SSSR count). The van der Waals surface area contributed by atoms with Crippen molar-refractivity contribution >= 4 is 11.6 Å². The van der Waals surface area contributed by atoms with Crippen LogP contribution < -0.4 is 10.9 Å². The van der Waals surface area contributed by atoms with Crippen molar-refractivity contribution in [2.24, 2.45) is 0 Å². The molecular weight excluding hydrogens is 337 g/mol. The van der Waals surface area contributed by atoms with Crippen LogP contribution in [-0.2, 0) is 17.8 Å². The van der Waals surface area contributed by atoms with E-state index in [0.29, 0.717) is 30.3 Å². The van der Waals surface area contributed by atoms with Crippen LogP contribution in [0.1, 0.15) is 19.2 Å². The fourth-order valence-corrected chi connectivity index (χ4v) is 2.47. The third-order valence-electron chi connectivity index (χ3n) is 3.86. The number of nitrogens with one attached hydrogen (secondary N) is 1. The summed E-state index contributed by atoms with van der Waals surface area (Å²) < 4.78 is 20.1. The summed E-state index contributed by atoms with van der Waals surface area (Å²) in [6, 6.07) is 8.90. The summed E-state index contributed by atoms with van der Waals surface area (Å²) in [5.41, 5.74) is 1.17. The number of halogens is 1. The van der Waals surface area contributed by atoms with Crippen LogP contribution in [0.25, 0.3) is 11.3 Å². The second-order valence-corrected chi connectivity index (χ2v) is 5.72. The van der Waals surface area contributed by atoms with Gasteiger partial charge in [0, 0.05) is 37.2 Å². The van der Waals surface area contributed by atoms with Gasteiger partial charge in [0.05, 0.1) is 11.9 Å². The second kappa shape index (κ2) is 7.77. The number of pyridine rings is 1. The molecule has 2 aromatic heterocycles.